The molecule has 0 unspecified atom stereocenters. The molecule has 31 heavy (non-hydrogen) atoms. The fourth-order valence-corrected chi connectivity index (χ4v) is 4.52. The Kier molecular flexibility index (Phi) is 5.29. The van der Waals surface area contributed by atoms with Gasteiger partial charge in [-0.15, -0.1) is 11.3 Å². The molecular formula is C22H24N6O2S. The number of pyridine rings is 1. The van der Waals surface area contributed by atoms with Crippen LogP contribution >= 0.6 is 11.3 Å². The normalized spacial score (nSPS) is 16.3. The summed E-state index contributed by atoms with van der Waals surface area (Å²) in [6, 6.07) is 5.74. The minimum atomic E-state index is -0.195. The van der Waals surface area contributed by atoms with Crippen molar-refractivity contribution in [3.05, 3.63) is 58.2 Å². The van der Waals surface area contributed by atoms with Gasteiger partial charge in [0.2, 0.25) is 0 Å². The maximum absolute atomic E-state index is 12.9. The second-order valence-electron chi connectivity index (χ2n) is 7.74. The van der Waals surface area contributed by atoms with Crippen LogP contribution in [0, 0.1) is 13.8 Å². The number of rotatable bonds is 6. The molecule has 5 heterocycles. The van der Waals surface area contributed by atoms with Gasteiger partial charge in [-0.1, -0.05) is 6.07 Å². The molecule has 9 heteroatoms. The van der Waals surface area contributed by atoms with Gasteiger partial charge in [0.05, 0.1) is 28.9 Å². The molecule has 1 saturated heterocycles. The first kappa shape index (κ1) is 19.9. The first-order chi connectivity index (χ1) is 15.1. The number of hydrogen-bond acceptors (Lipinski definition) is 6. The van der Waals surface area contributed by atoms with Gasteiger partial charge in [0, 0.05) is 30.9 Å². The molecule has 0 aromatic carbocycles. The topological polar surface area (TPSA) is 86.3 Å². The van der Waals surface area contributed by atoms with Crippen LogP contribution in [0.5, 0.6) is 0 Å². The van der Waals surface area contributed by atoms with Crippen LogP contribution < -0.4 is 5.32 Å². The summed E-state index contributed by atoms with van der Waals surface area (Å²) in [7, 11) is 0. The highest BCUT2D eigenvalue weighted by atomic mass is 32.1. The highest BCUT2D eigenvalue weighted by Crippen LogP contribution is 2.23. The predicted octanol–water partition coefficient (Wildman–Crippen LogP) is 3.23. The predicted molar refractivity (Wildman–Crippen MR) is 118 cm³/mol. The standard InChI is InChI=1S/C22H24N6O2S/c1-14-24-18(12-27(14)11-16-13-31-15(2)25-16)21-26-20(19-7-3-4-8-28(19)21)22(29)23-10-17-6-5-9-30-17/h3-4,7-8,12-13,17H,5-6,9-11H2,1-2H3,(H,23,29)/t17-/m1/s1. The van der Waals surface area contributed by atoms with Crippen molar-refractivity contribution in [3.63, 3.8) is 0 Å². The molecule has 1 atom stereocenters. The number of hydrogen-bond donors (Lipinski definition) is 1. The van der Waals surface area contributed by atoms with Crippen LogP contribution in [0.1, 0.15) is 39.9 Å². The monoisotopic (exact) mass is 436 g/mol. The number of ether oxygens (including phenoxy) is 1. The molecule has 1 aliphatic heterocycles. The lowest BCUT2D eigenvalue weighted by molar-refractivity contribution is 0.0855. The van der Waals surface area contributed by atoms with Crippen molar-refractivity contribution in [2.75, 3.05) is 13.2 Å². The van der Waals surface area contributed by atoms with Gasteiger partial charge in [-0.05, 0) is 38.8 Å². The van der Waals surface area contributed by atoms with Gasteiger partial charge < -0.3 is 14.6 Å². The van der Waals surface area contributed by atoms with E-state index < -0.39 is 0 Å². The first-order valence-electron chi connectivity index (χ1n) is 10.4. The van der Waals surface area contributed by atoms with E-state index in [0.717, 1.165) is 47.2 Å². The van der Waals surface area contributed by atoms with E-state index in [0.29, 0.717) is 24.6 Å². The van der Waals surface area contributed by atoms with Crippen LogP contribution in [0.25, 0.3) is 17.0 Å². The highest BCUT2D eigenvalue weighted by Gasteiger charge is 2.22. The lowest BCUT2D eigenvalue weighted by Crippen LogP contribution is -2.32. The zero-order chi connectivity index (χ0) is 21.4. The Morgan fingerprint density at radius 3 is 2.97 bits per heavy atom. The second-order valence-corrected chi connectivity index (χ2v) is 8.81. The van der Waals surface area contributed by atoms with Gasteiger partial charge in [0.15, 0.2) is 11.5 Å². The molecule has 4 aromatic heterocycles. The molecule has 1 amide bonds. The van der Waals surface area contributed by atoms with Crippen LogP contribution in [0.15, 0.2) is 36.0 Å². The highest BCUT2D eigenvalue weighted by molar-refractivity contribution is 7.09. The summed E-state index contributed by atoms with van der Waals surface area (Å²) in [4.78, 5) is 26.9. The molecule has 8 nitrogen and oxygen atoms in total. The van der Waals surface area contributed by atoms with Gasteiger partial charge >= 0.3 is 0 Å². The van der Waals surface area contributed by atoms with Crippen molar-refractivity contribution in [2.24, 2.45) is 0 Å². The quantitative estimate of drug-likeness (QED) is 0.502. The molecule has 0 saturated carbocycles. The van der Waals surface area contributed by atoms with Crippen LogP contribution in [0.2, 0.25) is 0 Å². The van der Waals surface area contributed by atoms with E-state index in [1.165, 1.54) is 0 Å². The Morgan fingerprint density at radius 1 is 1.29 bits per heavy atom. The van der Waals surface area contributed by atoms with Gasteiger partial charge in [-0.2, -0.15) is 0 Å². The third-order valence-electron chi connectivity index (χ3n) is 5.48. The Balaban J connectivity index is 1.45. The van der Waals surface area contributed by atoms with Gasteiger partial charge in [0.25, 0.3) is 5.91 Å². The molecule has 1 N–H and O–H groups in total. The number of carbonyl (C=O) groups excluding carboxylic acids is 1. The number of nitrogens with zero attached hydrogens (tertiary/aromatic N) is 5. The number of thiazole rings is 1. The average Bonchev–Trinajstić information content (AvgIpc) is 3.54. The Hall–Kier alpha value is -3.04. The van der Waals surface area contributed by atoms with E-state index in [9.17, 15) is 4.79 Å². The Labute approximate surface area is 183 Å². The molecular weight excluding hydrogens is 412 g/mol. The van der Waals surface area contributed by atoms with E-state index in [4.69, 9.17) is 14.7 Å². The molecule has 1 fully saturated rings. The van der Waals surface area contributed by atoms with Crippen LogP contribution in [0.3, 0.4) is 0 Å². The van der Waals surface area contributed by atoms with Crippen LogP contribution in [-0.2, 0) is 11.3 Å². The molecule has 0 bridgehead atoms. The summed E-state index contributed by atoms with van der Waals surface area (Å²) < 4.78 is 9.59. The zero-order valence-electron chi connectivity index (χ0n) is 17.5. The zero-order valence-corrected chi connectivity index (χ0v) is 18.4. The fourth-order valence-electron chi connectivity index (χ4n) is 3.91. The van der Waals surface area contributed by atoms with Crippen molar-refractivity contribution in [3.8, 4) is 11.5 Å². The number of amides is 1. The lowest BCUT2D eigenvalue weighted by atomic mass is 10.2. The summed E-state index contributed by atoms with van der Waals surface area (Å²) in [6.45, 7) is 5.89. The molecule has 5 rings (SSSR count). The molecule has 160 valence electrons. The lowest BCUT2D eigenvalue weighted by Gasteiger charge is -2.09. The summed E-state index contributed by atoms with van der Waals surface area (Å²) in [5.74, 6) is 1.33. The van der Waals surface area contributed by atoms with Crippen molar-refractivity contribution in [1.82, 2.24) is 29.2 Å². The maximum atomic E-state index is 12.9. The SMILES string of the molecule is Cc1nc(Cn2cc(-c3nc(C(=O)NC[C@H]4CCCO4)c4ccccn34)nc2C)cs1. The smallest absolute Gasteiger partial charge is 0.272 e. The van der Waals surface area contributed by atoms with Crippen molar-refractivity contribution in [2.45, 2.75) is 39.3 Å². The number of imidazole rings is 2. The molecule has 1 aliphatic rings. The number of carbonyl (C=O) groups is 1. The first-order valence-corrected chi connectivity index (χ1v) is 11.3. The summed E-state index contributed by atoms with van der Waals surface area (Å²) in [6.07, 6.45) is 5.99. The van der Waals surface area contributed by atoms with E-state index >= 15 is 0 Å². The largest absolute Gasteiger partial charge is 0.376 e. The summed E-state index contributed by atoms with van der Waals surface area (Å²) in [5, 5.41) is 6.09. The number of aryl methyl sites for hydroxylation is 2. The molecule has 4 aromatic rings. The van der Waals surface area contributed by atoms with E-state index in [1.807, 2.05) is 48.8 Å². The molecule has 0 aliphatic carbocycles. The van der Waals surface area contributed by atoms with Gasteiger partial charge in [-0.3, -0.25) is 9.20 Å². The van der Waals surface area contributed by atoms with Crippen LogP contribution in [0.4, 0.5) is 0 Å². The fraction of sp³-hybridized carbons (Fsp3) is 0.364. The minimum absolute atomic E-state index is 0.0880. The minimum Gasteiger partial charge on any atom is -0.376 e. The van der Waals surface area contributed by atoms with E-state index in [-0.39, 0.29) is 12.0 Å². The number of aromatic nitrogens is 5. The van der Waals surface area contributed by atoms with Gasteiger partial charge in [-0.25, -0.2) is 15.0 Å². The van der Waals surface area contributed by atoms with E-state index in [2.05, 4.69) is 20.2 Å². The third-order valence-corrected chi connectivity index (χ3v) is 6.30. The Morgan fingerprint density at radius 2 is 2.19 bits per heavy atom. The Bertz CT molecular complexity index is 1230. The maximum Gasteiger partial charge on any atom is 0.272 e. The van der Waals surface area contributed by atoms with Crippen molar-refractivity contribution >= 4 is 22.8 Å². The third kappa shape index (κ3) is 3.98. The number of fused-ring (bicyclic) bond motifs is 1. The second kappa shape index (κ2) is 8.24. The number of nitrogens with one attached hydrogen (secondary N) is 1. The molecule has 0 spiro atoms. The van der Waals surface area contributed by atoms with Crippen molar-refractivity contribution in [1.29, 1.82) is 0 Å². The summed E-state index contributed by atoms with van der Waals surface area (Å²) >= 11 is 1.64. The van der Waals surface area contributed by atoms with Crippen molar-refractivity contribution < 1.29 is 9.53 Å². The average molecular weight is 437 g/mol. The van der Waals surface area contributed by atoms with Crippen LogP contribution in [-0.4, -0.2) is 49.1 Å². The summed E-state index contributed by atoms with van der Waals surface area (Å²) in [5.41, 5.74) is 2.89. The van der Waals surface area contributed by atoms with Gasteiger partial charge in [0.1, 0.15) is 11.5 Å². The van der Waals surface area contributed by atoms with E-state index in [1.54, 1.807) is 11.3 Å². The molecule has 0 radical (unpaired) electrons.